The van der Waals surface area contributed by atoms with Gasteiger partial charge in [0.1, 0.15) is 6.04 Å². The minimum atomic E-state index is -0.288. The van der Waals surface area contributed by atoms with Crippen molar-refractivity contribution in [1.29, 1.82) is 0 Å². The summed E-state index contributed by atoms with van der Waals surface area (Å²) in [6.45, 7) is 4.57. The SMILES string of the molecule is CNC(=O)[C@H]1CCCN1C(=O)CN1CCN(c2nccs2)CC1. The third-order valence-corrected chi connectivity index (χ3v) is 5.38. The Bertz CT molecular complexity index is 542. The number of carbonyl (C=O) groups is 2. The molecule has 1 atom stereocenters. The van der Waals surface area contributed by atoms with Crippen LogP contribution in [0.2, 0.25) is 0 Å². The summed E-state index contributed by atoms with van der Waals surface area (Å²) in [7, 11) is 1.63. The quantitative estimate of drug-likeness (QED) is 0.838. The van der Waals surface area contributed by atoms with E-state index in [2.05, 4.69) is 20.1 Å². The van der Waals surface area contributed by atoms with Gasteiger partial charge in [-0.2, -0.15) is 0 Å². The van der Waals surface area contributed by atoms with Gasteiger partial charge in [-0.15, -0.1) is 11.3 Å². The van der Waals surface area contributed by atoms with E-state index in [1.54, 1.807) is 23.3 Å². The van der Waals surface area contributed by atoms with Crippen LogP contribution in [0, 0.1) is 0 Å². The predicted molar refractivity (Wildman–Crippen MR) is 89.6 cm³/mol. The van der Waals surface area contributed by atoms with E-state index >= 15 is 0 Å². The topological polar surface area (TPSA) is 68.8 Å². The molecule has 126 valence electrons. The number of thiazole rings is 1. The van der Waals surface area contributed by atoms with Gasteiger partial charge in [0, 0.05) is 51.3 Å². The largest absolute Gasteiger partial charge is 0.357 e. The van der Waals surface area contributed by atoms with Crippen molar-refractivity contribution in [2.45, 2.75) is 18.9 Å². The van der Waals surface area contributed by atoms with Crippen LogP contribution in [-0.4, -0.2) is 79.0 Å². The van der Waals surface area contributed by atoms with Gasteiger partial charge in [0.05, 0.1) is 6.54 Å². The average Bonchev–Trinajstić information content (AvgIpc) is 3.26. The summed E-state index contributed by atoms with van der Waals surface area (Å²) >= 11 is 1.65. The Labute approximate surface area is 140 Å². The summed E-state index contributed by atoms with van der Waals surface area (Å²) < 4.78 is 0. The number of nitrogens with one attached hydrogen (secondary N) is 1. The molecule has 1 aromatic rings. The molecule has 1 aromatic heterocycles. The molecule has 1 N–H and O–H groups in total. The van der Waals surface area contributed by atoms with Gasteiger partial charge in [-0.3, -0.25) is 14.5 Å². The third kappa shape index (κ3) is 3.64. The van der Waals surface area contributed by atoms with Gasteiger partial charge in [-0.25, -0.2) is 4.98 Å². The lowest BCUT2D eigenvalue weighted by molar-refractivity contribution is -0.139. The van der Waals surface area contributed by atoms with Gasteiger partial charge < -0.3 is 15.1 Å². The molecule has 0 aliphatic carbocycles. The molecular formula is C15H23N5O2S. The smallest absolute Gasteiger partial charge is 0.242 e. The van der Waals surface area contributed by atoms with Crippen molar-refractivity contribution in [1.82, 2.24) is 20.1 Å². The molecular weight excluding hydrogens is 314 g/mol. The van der Waals surface area contributed by atoms with Crippen molar-refractivity contribution in [3.63, 3.8) is 0 Å². The number of hydrogen-bond acceptors (Lipinski definition) is 6. The normalized spacial score (nSPS) is 22.4. The number of aromatic nitrogens is 1. The second-order valence-electron chi connectivity index (χ2n) is 5.94. The highest BCUT2D eigenvalue weighted by Crippen LogP contribution is 2.20. The first kappa shape index (κ1) is 16.2. The highest BCUT2D eigenvalue weighted by molar-refractivity contribution is 7.13. The highest BCUT2D eigenvalue weighted by atomic mass is 32.1. The molecule has 0 aromatic carbocycles. The Morgan fingerprint density at radius 2 is 2.09 bits per heavy atom. The minimum absolute atomic E-state index is 0.0514. The number of hydrogen-bond donors (Lipinski definition) is 1. The molecule has 23 heavy (non-hydrogen) atoms. The maximum Gasteiger partial charge on any atom is 0.242 e. The van der Waals surface area contributed by atoms with Crippen molar-refractivity contribution < 1.29 is 9.59 Å². The lowest BCUT2D eigenvalue weighted by atomic mass is 10.2. The van der Waals surface area contributed by atoms with Crippen LogP contribution in [0.3, 0.4) is 0 Å². The molecule has 0 saturated carbocycles. The molecule has 2 aliphatic heterocycles. The first-order chi connectivity index (χ1) is 11.2. The lowest BCUT2D eigenvalue weighted by Crippen LogP contribution is -2.52. The van der Waals surface area contributed by atoms with Gasteiger partial charge in [-0.1, -0.05) is 0 Å². The Balaban J connectivity index is 1.50. The van der Waals surface area contributed by atoms with Crippen molar-refractivity contribution in [3.05, 3.63) is 11.6 Å². The Kier molecular flexibility index (Phi) is 5.12. The molecule has 2 amide bonds. The number of amides is 2. The fourth-order valence-electron chi connectivity index (χ4n) is 3.26. The highest BCUT2D eigenvalue weighted by Gasteiger charge is 2.34. The van der Waals surface area contributed by atoms with Gasteiger partial charge in [0.2, 0.25) is 11.8 Å². The molecule has 8 heteroatoms. The molecule has 2 fully saturated rings. The first-order valence-electron chi connectivity index (χ1n) is 8.07. The first-order valence-corrected chi connectivity index (χ1v) is 8.95. The van der Waals surface area contributed by atoms with Crippen molar-refractivity contribution in [2.24, 2.45) is 0 Å². The Hall–Kier alpha value is -1.67. The lowest BCUT2D eigenvalue weighted by Gasteiger charge is -2.35. The van der Waals surface area contributed by atoms with E-state index in [0.29, 0.717) is 13.1 Å². The Morgan fingerprint density at radius 1 is 1.30 bits per heavy atom. The van der Waals surface area contributed by atoms with Crippen molar-refractivity contribution in [2.75, 3.05) is 51.2 Å². The zero-order chi connectivity index (χ0) is 16.2. The monoisotopic (exact) mass is 337 g/mol. The maximum absolute atomic E-state index is 12.5. The minimum Gasteiger partial charge on any atom is -0.357 e. The summed E-state index contributed by atoms with van der Waals surface area (Å²) in [6.07, 6.45) is 3.49. The van der Waals surface area contributed by atoms with Crippen LogP contribution in [-0.2, 0) is 9.59 Å². The molecule has 3 heterocycles. The number of likely N-dealkylation sites (N-methyl/N-ethyl adjacent to an activating group) is 1. The summed E-state index contributed by atoms with van der Waals surface area (Å²) in [5.74, 6) is 0.0169. The van der Waals surface area contributed by atoms with Crippen LogP contribution in [0.15, 0.2) is 11.6 Å². The molecule has 2 aliphatic rings. The third-order valence-electron chi connectivity index (χ3n) is 4.54. The Morgan fingerprint density at radius 3 is 2.74 bits per heavy atom. The van der Waals surface area contributed by atoms with Crippen LogP contribution in [0.1, 0.15) is 12.8 Å². The number of nitrogens with zero attached hydrogens (tertiary/aromatic N) is 4. The summed E-state index contributed by atoms with van der Waals surface area (Å²) in [5.41, 5.74) is 0. The molecule has 7 nitrogen and oxygen atoms in total. The molecule has 0 bridgehead atoms. The van der Waals surface area contributed by atoms with E-state index in [9.17, 15) is 9.59 Å². The second kappa shape index (κ2) is 7.27. The number of carbonyl (C=O) groups excluding carboxylic acids is 2. The van der Waals surface area contributed by atoms with E-state index in [1.165, 1.54) is 0 Å². The van der Waals surface area contributed by atoms with Crippen LogP contribution in [0.25, 0.3) is 0 Å². The van der Waals surface area contributed by atoms with E-state index in [0.717, 1.165) is 44.2 Å². The number of piperazine rings is 1. The number of likely N-dealkylation sites (tertiary alicyclic amines) is 1. The van der Waals surface area contributed by atoms with Crippen LogP contribution < -0.4 is 10.2 Å². The zero-order valence-electron chi connectivity index (χ0n) is 13.4. The van der Waals surface area contributed by atoms with E-state index < -0.39 is 0 Å². The second-order valence-corrected chi connectivity index (χ2v) is 6.81. The predicted octanol–water partition coefficient (Wildman–Crippen LogP) is 0.00210. The summed E-state index contributed by atoms with van der Waals surface area (Å²) in [4.78, 5) is 34.9. The van der Waals surface area contributed by atoms with Gasteiger partial charge in [0.25, 0.3) is 0 Å². The summed E-state index contributed by atoms with van der Waals surface area (Å²) in [6, 6.07) is -0.288. The molecule has 3 rings (SSSR count). The van der Waals surface area contributed by atoms with Crippen LogP contribution in [0.5, 0.6) is 0 Å². The van der Waals surface area contributed by atoms with Crippen LogP contribution in [0.4, 0.5) is 5.13 Å². The molecule has 0 unspecified atom stereocenters. The number of rotatable bonds is 4. The van der Waals surface area contributed by atoms with E-state index in [-0.39, 0.29) is 17.9 Å². The van der Waals surface area contributed by atoms with Gasteiger partial charge in [-0.05, 0) is 12.8 Å². The van der Waals surface area contributed by atoms with Crippen LogP contribution >= 0.6 is 11.3 Å². The van der Waals surface area contributed by atoms with Crippen molar-refractivity contribution >= 4 is 28.3 Å². The van der Waals surface area contributed by atoms with E-state index in [4.69, 9.17) is 0 Å². The van der Waals surface area contributed by atoms with Gasteiger partial charge >= 0.3 is 0 Å². The molecule has 0 spiro atoms. The van der Waals surface area contributed by atoms with E-state index in [1.807, 2.05) is 11.6 Å². The molecule has 0 radical (unpaired) electrons. The summed E-state index contributed by atoms with van der Waals surface area (Å²) in [5, 5.41) is 5.69. The maximum atomic E-state index is 12.5. The fraction of sp³-hybridized carbons (Fsp3) is 0.667. The standard InChI is InChI=1S/C15H23N5O2S/c1-16-14(22)12-3-2-5-20(12)13(21)11-18-6-8-19(9-7-18)15-17-4-10-23-15/h4,10,12H,2-3,5-9,11H2,1H3,(H,16,22)/t12-/m1/s1. The average molecular weight is 337 g/mol. The zero-order valence-corrected chi connectivity index (χ0v) is 14.2. The van der Waals surface area contributed by atoms with Crippen molar-refractivity contribution in [3.8, 4) is 0 Å². The molecule has 2 saturated heterocycles. The number of anilines is 1. The van der Waals surface area contributed by atoms with Gasteiger partial charge in [0.15, 0.2) is 5.13 Å². The fourth-order valence-corrected chi connectivity index (χ4v) is 3.95.